The van der Waals surface area contributed by atoms with E-state index in [1.165, 1.54) is 23.3 Å². The smallest absolute Gasteiger partial charge is 0.305 e. The predicted molar refractivity (Wildman–Crippen MR) is 109 cm³/mol. The molecule has 0 heterocycles. The highest BCUT2D eigenvalue weighted by Gasteiger charge is 2.21. The summed E-state index contributed by atoms with van der Waals surface area (Å²) in [5, 5.41) is 0. The minimum atomic E-state index is -2.23. The molecule has 0 saturated carbocycles. The molecule has 1 aliphatic carbocycles. The Morgan fingerprint density at radius 2 is 1.45 bits per heavy atom. The third-order valence-corrected chi connectivity index (χ3v) is 5.68. The predicted octanol–water partition coefficient (Wildman–Crippen LogP) is 7.68. The average molecular weight is 430 g/mol. The fraction of sp³-hybridized carbons (Fsp3) is 0.200. The fourth-order valence-corrected chi connectivity index (χ4v) is 4.04. The number of hydrogen-bond donors (Lipinski definition) is 0. The topological polar surface area (TPSA) is 9.23 Å². The molecular formula is C25H19F5O. The number of benzene rings is 3. The number of ether oxygens (including phenoxy) is 1. The minimum Gasteiger partial charge on any atom is -0.453 e. The van der Waals surface area contributed by atoms with Crippen LogP contribution in [-0.2, 0) is 12.8 Å². The van der Waals surface area contributed by atoms with Crippen LogP contribution < -0.4 is 4.74 Å². The van der Waals surface area contributed by atoms with E-state index in [0.717, 1.165) is 37.0 Å². The van der Waals surface area contributed by atoms with Gasteiger partial charge in [0.05, 0.1) is 0 Å². The Hall–Kier alpha value is -3.15. The zero-order chi connectivity index (χ0) is 22.1. The van der Waals surface area contributed by atoms with E-state index in [0.29, 0.717) is 11.5 Å². The van der Waals surface area contributed by atoms with Crippen molar-refractivity contribution in [2.75, 3.05) is 0 Å². The highest BCUT2D eigenvalue weighted by atomic mass is 19.3. The van der Waals surface area contributed by atoms with Gasteiger partial charge in [0, 0.05) is 5.56 Å². The first-order valence-corrected chi connectivity index (χ1v) is 9.94. The maximum Gasteiger partial charge on any atom is 0.305 e. The van der Waals surface area contributed by atoms with E-state index in [-0.39, 0.29) is 17.4 Å². The highest BCUT2D eigenvalue weighted by Crippen LogP contribution is 2.35. The molecule has 31 heavy (non-hydrogen) atoms. The summed E-state index contributed by atoms with van der Waals surface area (Å²) in [6.45, 7) is 2.17. The molecule has 3 aromatic rings. The van der Waals surface area contributed by atoms with Crippen LogP contribution in [0, 0.1) is 23.4 Å². The standard InChI is InChI=1S/C25H19F5O/c1-2-14-7-15-3-4-16(9-18(15)8-14)17-5-6-20(21(26)10-17)19-11-22(27)25(23(28)12-19)31-13-24(29)30/h3-6,9-14H,2,7-8H2,1H3. The first-order chi connectivity index (χ1) is 14.9. The second-order valence-electron chi connectivity index (χ2n) is 7.66. The third-order valence-electron chi connectivity index (χ3n) is 5.68. The normalized spacial score (nSPS) is 15.0. The Balaban J connectivity index is 1.64. The zero-order valence-electron chi connectivity index (χ0n) is 16.7. The maximum absolute atomic E-state index is 14.8. The molecule has 0 amide bonds. The summed E-state index contributed by atoms with van der Waals surface area (Å²) in [7, 11) is 0. The summed E-state index contributed by atoms with van der Waals surface area (Å²) in [6, 6.07) is 12.3. The highest BCUT2D eigenvalue weighted by molar-refractivity contribution is 5.72. The van der Waals surface area contributed by atoms with Crippen molar-refractivity contribution in [3.8, 4) is 28.0 Å². The summed E-state index contributed by atoms with van der Waals surface area (Å²) in [4.78, 5) is 0. The molecule has 4 rings (SSSR count). The van der Waals surface area contributed by atoms with E-state index < -0.39 is 29.3 Å². The number of rotatable bonds is 5. The quantitative estimate of drug-likeness (QED) is 0.298. The van der Waals surface area contributed by atoms with Gasteiger partial charge in [-0.15, -0.1) is 0 Å². The Morgan fingerprint density at radius 1 is 0.839 bits per heavy atom. The van der Waals surface area contributed by atoms with E-state index in [9.17, 15) is 22.0 Å². The third kappa shape index (κ3) is 4.33. The van der Waals surface area contributed by atoms with Crippen LogP contribution in [0.4, 0.5) is 22.0 Å². The van der Waals surface area contributed by atoms with E-state index in [2.05, 4.69) is 23.8 Å². The fourth-order valence-electron chi connectivity index (χ4n) is 4.04. The van der Waals surface area contributed by atoms with Crippen molar-refractivity contribution >= 4 is 0 Å². The van der Waals surface area contributed by atoms with Gasteiger partial charge in [-0.25, -0.2) is 13.2 Å². The second-order valence-corrected chi connectivity index (χ2v) is 7.66. The van der Waals surface area contributed by atoms with Crippen LogP contribution in [-0.4, -0.2) is 0 Å². The lowest BCUT2D eigenvalue weighted by atomic mass is 9.97. The monoisotopic (exact) mass is 430 g/mol. The Labute approximate surface area is 176 Å². The van der Waals surface area contributed by atoms with Crippen molar-refractivity contribution in [1.82, 2.24) is 0 Å². The lowest BCUT2D eigenvalue weighted by molar-refractivity contribution is 0.344. The van der Waals surface area contributed by atoms with Crippen molar-refractivity contribution in [1.29, 1.82) is 0 Å². The Bertz CT molecular complexity index is 1140. The number of hydrogen-bond acceptors (Lipinski definition) is 1. The van der Waals surface area contributed by atoms with Crippen LogP contribution in [0.5, 0.6) is 5.75 Å². The molecule has 1 aliphatic rings. The Kier molecular flexibility index (Phi) is 5.81. The van der Waals surface area contributed by atoms with E-state index in [4.69, 9.17) is 0 Å². The van der Waals surface area contributed by atoms with Gasteiger partial charge in [0.2, 0.25) is 0 Å². The average Bonchev–Trinajstić information content (AvgIpc) is 3.15. The molecule has 0 fully saturated rings. The molecule has 160 valence electrons. The van der Waals surface area contributed by atoms with Gasteiger partial charge in [0.15, 0.2) is 23.6 Å². The van der Waals surface area contributed by atoms with Gasteiger partial charge in [0.25, 0.3) is 0 Å². The summed E-state index contributed by atoms with van der Waals surface area (Å²) in [5.41, 5.74) is 4.06. The molecule has 0 aromatic heterocycles. The first-order valence-electron chi connectivity index (χ1n) is 9.94. The van der Waals surface area contributed by atoms with Gasteiger partial charge in [-0.3, -0.25) is 0 Å². The summed E-state index contributed by atoms with van der Waals surface area (Å²) in [6.07, 6.45) is 0.888. The molecule has 0 radical (unpaired) electrons. The van der Waals surface area contributed by atoms with E-state index in [1.807, 2.05) is 6.07 Å². The second kappa shape index (κ2) is 8.53. The molecule has 1 nitrogen and oxygen atoms in total. The van der Waals surface area contributed by atoms with Gasteiger partial charge in [-0.2, -0.15) is 8.78 Å². The van der Waals surface area contributed by atoms with Gasteiger partial charge < -0.3 is 4.74 Å². The maximum atomic E-state index is 14.8. The summed E-state index contributed by atoms with van der Waals surface area (Å²) in [5.74, 6) is -3.40. The molecule has 0 saturated heterocycles. The molecule has 6 heteroatoms. The molecule has 1 unspecified atom stereocenters. The summed E-state index contributed by atoms with van der Waals surface area (Å²) < 4.78 is 71.7. The van der Waals surface area contributed by atoms with E-state index >= 15 is 0 Å². The largest absolute Gasteiger partial charge is 0.453 e. The number of halogens is 5. The summed E-state index contributed by atoms with van der Waals surface area (Å²) >= 11 is 0. The van der Waals surface area contributed by atoms with E-state index in [1.54, 1.807) is 6.07 Å². The lowest BCUT2D eigenvalue weighted by Crippen LogP contribution is -1.95. The lowest BCUT2D eigenvalue weighted by Gasteiger charge is -2.10. The van der Waals surface area contributed by atoms with Crippen LogP contribution in [0.3, 0.4) is 0 Å². The van der Waals surface area contributed by atoms with Crippen molar-refractivity contribution in [3.05, 3.63) is 89.5 Å². The molecule has 3 aromatic carbocycles. The van der Waals surface area contributed by atoms with Crippen LogP contribution in [0.25, 0.3) is 22.3 Å². The van der Waals surface area contributed by atoms with Crippen LogP contribution >= 0.6 is 0 Å². The van der Waals surface area contributed by atoms with Crippen LogP contribution in [0.2, 0.25) is 0 Å². The van der Waals surface area contributed by atoms with Crippen molar-refractivity contribution in [2.24, 2.45) is 5.92 Å². The Morgan fingerprint density at radius 3 is 2.10 bits per heavy atom. The van der Waals surface area contributed by atoms with Gasteiger partial charge in [-0.05, 0) is 64.8 Å². The van der Waals surface area contributed by atoms with Crippen molar-refractivity contribution in [2.45, 2.75) is 26.2 Å². The first kappa shape index (κ1) is 21.1. The molecule has 0 bridgehead atoms. The SMILES string of the molecule is CCC1Cc2ccc(-c3ccc(-c4cc(F)c(OC=C(F)F)c(F)c4)c(F)c3)cc2C1. The minimum absolute atomic E-state index is 0.00692. The number of fused-ring (bicyclic) bond motifs is 1. The molecular weight excluding hydrogens is 411 g/mol. The van der Waals surface area contributed by atoms with Gasteiger partial charge in [-0.1, -0.05) is 43.7 Å². The van der Waals surface area contributed by atoms with Crippen LogP contribution in [0.1, 0.15) is 24.5 Å². The zero-order valence-corrected chi connectivity index (χ0v) is 16.7. The van der Waals surface area contributed by atoms with Crippen molar-refractivity contribution < 1.29 is 26.7 Å². The van der Waals surface area contributed by atoms with Gasteiger partial charge in [0.1, 0.15) is 5.82 Å². The van der Waals surface area contributed by atoms with Gasteiger partial charge >= 0.3 is 6.08 Å². The van der Waals surface area contributed by atoms with Crippen LogP contribution in [0.15, 0.2) is 60.9 Å². The van der Waals surface area contributed by atoms with Crippen molar-refractivity contribution in [3.63, 3.8) is 0 Å². The molecule has 0 spiro atoms. The molecule has 0 N–H and O–H groups in total. The molecule has 0 aliphatic heterocycles. The molecule has 1 atom stereocenters.